The van der Waals surface area contributed by atoms with Gasteiger partial charge in [0, 0.05) is 70.4 Å². The lowest BCUT2D eigenvalue weighted by molar-refractivity contribution is 0.343. The van der Waals surface area contributed by atoms with E-state index in [0.29, 0.717) is 5.39 Å². The standard InChI is InChI=1S/C18H11Cl3O7S3/c1-2-28-13-7-14(29(19,22)23)10-5-6-12-16(31(21,26)27)8-15(30(20,24)25)11-4-3-9(13)17(10)18(11)12/h3-8H,2H2,1H3. The number of hydrogen-bond acceptors (Lipinski definition) is 7. The molecule has 31 heavy (non-hydrogen) atoms. The van der Waals surface area contributed by atoms with Crippen molar-refractivity contribution in [2.75, 3.05) is 6.61 Å². The second-order valence-corrected chi connectivity index (χ2v) is 14.2. The summed E-state index contributed by atoms with van der Waals surface area (Å²) in [4.78, 5) is -1.23. The van der Waals surface area contributed by atoms with E-state index in [4.69, 9.17) is 36.8 Å². The molecule has 0 spiro atoms. The van der Waals surface area contributed by atoms with Crippen molar-refractivity contribution in [2.45, 2.75) is 21.6 Å². The van der Waals surface area contributed by atoms with Crippen LogP contribution < -0.4 is 4.74 Å². The first kappa shape index (κ1) is 22.6. The average Bonchev–Trinajstić information content (AvgIpc) is 2.63. The molecular formula is C18H11Cl3O7S3. The fraction of sp³-hybridized carbons (Fsp3) is 0.111. The van der Waals surface area contributed by atoms with Crippen LogP contribution in [0.3, 0.4) is 0 Å². The first-order chi connectivity index (χ1) is 14.2. The summed E-state index contributed by atoms with van der Waals surface area (Å²) in [5, 5.41) is 1.19. The highest BCUT2D eigenvalue weighted by Gasteiger charge is 2.28. The Morgan fingerprint density at radius 2 is 1.00 bits per heavy atom. The number of rotatable bonds is 5. The SMILES string of the molecule is CCOc1cc(S(=O)(=O)Cl)c2ccc3c(S(=O)(=O)Cl)cc(S(=O)(=O)Cl)c4ccc1c2c43. The van der Waals surface area contributed by atoms with Gasteiger partial charge in [-0.3, -0.25) is 0 Å². The van der Waals surface area contributed by atoms with Crippen molar-refractivity contribution in [1.29, 1.82) is 0 Å². The second-order valence-electron chi connectivity index (χ2n) is 6.56. The summed E-state index contributed by atoms with van der Waals surface area (Å²) in [6.07, 6.45) is 0. The Balaban J connectivity index is 2.43. The van der Waals surface area contributed by atoms with Gasteiger partial charge in [-0.05, 0) is 19.1 Å². The Bertz CT molecular complexity index is 1660. The Morgan fingerprint density at radius 1 is 0.645 bits per heavy atom. The van der Waals surface area contributed by atoms with Crippen molar-refractivity contribution < 1.29 is 30.0 Å². The molecule has 0 atom stereocenters. The molecule has 0 aliphatic heterocycles. The molecule has 4 aromatic carbocycles. The van der Waals surface area contributed by atoms with Crippen LogP contribution in [0.2, 0.25) is 0 Å². The molecule has 7 nitrogen and oxygen atoms in total. The summed E-state index contributed by atoms with van der Waals surface area (Å²) in [7, 11) is 3.77. The predicted octanol–water partition coefficient (Wildman–Crippen LogP) is 4.77. The first-order valence-corrected chi connectivity index (χ1v) is 15.4. The Kier molecular flexibility index (Phi) is 5.27. The Labute approximate surface area is 191 Å². The third kappa shape index (κ3) is 3.69. The van der Waals surface area contributed by atoms with Gasteiger partial charge in [0.2, 0.25) is 0 Å². The zero-order valence-corrected chi connectivity index (χ0v) is 20.1. The fourth-order valence-electron chi connectivity index (χ4n) is 3.75. The van der Waals surface area contributed by atoms with Gasteiger partial charge in [-0.25, -0.2) is 25.3 Å². The lowest BCUT2D eigenvalue weighted by Crippen LogP contribution is -2.03. The van der Waals surface area contributed by atoms with Gasteiger partial charge in [-0.15, -0.1) is 0 Å². The van der Waals surface area contributed by atoms with Crippen LogP contribution >= 0.6 is 32.0 Å². The van der Waals surface area contributed by atoms with E-state index in [-0.39, 0.29) is 44.2 Å². The molecular weight excluding hydrogens is 531 g/mol. The molecule has 0 fully saturated rings. The van der Waals surface area contributed by atoms with Crippen molar-refractivity contribution in [3.63, 3.8) is 0 Å². The van der Waals surface area contributed by atoms with Gasteiger partial charge in [0.05, 0.1) is 21.3 Å². The van der Waals surface area contributed by atoms with E-state index in [1.54, 1.807) is 13.0 Å². The zero-order chi connectivity index (χ0) is 22.9. The van der Waals surface area contributed by atoms with E-state index in [1.807, 2.05) is 0 Å². The summed E-state index contributed by atoms with van der Waals surface area (Å²) in [6.45, 7) is 1.90. The maximum atomic E-state index is 12.3. The van der Waals surface area contributed by atoms with E-state index >= 15 is 0 Å². The van der Waals surface area contributed by atoms with Crippen molar-refractivity contribution >= 4 is 91.5 Å². The van der Waals surface area contributed by atoms with E-state index in [2.05, 4.69) is 0 Å². The molecule has 0 saturated heterocycles. The van der Waals surface area contributed by atoms with Crippen molar-refractivity contribution in [3.05, 3.63) is 36.4 Å². The number of hydrogen-bond donors (Lipinski definition) is 0. The molecule has 13 heteroatoms. The molecule has 0 bridgehead atoms. The second kappa shape index (κ2) is 7.23. The van der Waals surface area contributed by atoms with Crippen LogP contribution in [-0.4, -0.2) is 31.9 Å². The van der Waals surface area contributed by atoms with Gasteiger partial charge in [0.15, 0.2) is 0 Å². The quantitative estimate of drug-likeness (QED) is 0.264. The minimum absolute atomic E-state index is 0.0961. The van der Waals surface area contributed by atoms with Gasteiger partial charge < -0.3 is 4.74 Å². The van der Waals surface area contributed by atoms with Crippen LogP contribution in [0.25, 0.3) is 32.3 Å². The van der Waals surface area contributed by atoms with Crippen LogP contribution in [0.1, 0.15) is 6.92 Å². The molecule has 4 aromatic rings. The summed E-state index contributed by atoms with van der Waals surface area (Å²) < 4.78 is 79.1. The van der Waals surface area contributed by atoms with Crippen LogP contribution in [0, 0.1) is 0 Å². The third-order valence-corrected chi connectivity index (χ3v) is 8.92. The monoisotopic (exact) mass is 540 g/mol. The molecule has 0 N–H and O–H groups in total. The number of ether oxygens (including phenoxy) is 1. The molecule has 164 valence electrons. The molecule has 0 unspecified atom stereocenters. The molecule has 0 aromatic heterocycles. The average molecular weight is 542 g/mol. The van der Waals surface area contributed by atoms with Crippen LogP contribution in [-0.2, 0) is 27.2 Å². The summed E-state index contributed by atoms with van der Waals surface area (Å²) in [5.74, 6) is 0.179. The van der Waals surface area contributed by atoms with Crippen molar-refractivity contribution in [1.82, 2.24) is 0 Å². The molecule has 0 heterocycles. The van der Waals surface area contributed by atoms with Crippen LogP contribution in [0.4, 0.5) is 0 Å². The first-order valence-electron chi connectivity index (χ1n) is 8.50. The normalized spacial score (nSPS) is 13.4. The zero-order valence-electron chi connectivity index (χ0n) is 15.4. The van der Waals surface area contributed by atoms with Gasteiger partial charge in [-0.1, -0.05) is 18.2 Å². The summed E-state index contributed by atoms with van der Waals surface area (Å²) in [6, 6.07) is 7.87. The van der Waals surface area contributed by atoms with Gasteiger partial charge in [-0.2, -0.15) is 0 Å². The largest absolute Gasteiger partial charge is 0.493 e. The Hall–Kier alpha value is -1.56. The highest BCUT2D eigenvalue weighted by Crippen LogP contribution is 2.46. The van der Waals surface area contributed by atoms with E-state index < -0.39 is 36.9 Å². The maximum Gasteiger partial charge on any atom is 0.262 e. The van der Waals surface area contributed by atoms with Crippen LogP contribution in [0.5, 0.6) is 5.75 Å². The molecule has 0 saturated carbocycles. The predicted molar refractivity (Wildman–Crippen MR) is 120 cm³/mol. The topological polar surface area (TPSA) is 112 Å². The Morgan fingerprint density at radius 3 is 1.39 bits per heavy atom. The lowest BCUT2D eigenvalue weighted by Gasteiger charge is -2.18. The van der Waals surface area contributed by atoms with Crippen molar-refractivity contribution in [3.8, 4) is 5.75 Å². The fourth-order valence-corrected chi connectivity index (χ4v) is 7.03. The van der Waals surface area contributed by atoms with E-state index in [9.17, 15) is 25.3 Å². The molecule has 0 radical (unpaired) electrons. The molecule has 4 rings (SSSR count). The number of benzene rings is 4. The van der Waals surface area contributed by atoms with Gasteiger partial charge in [0.1, 0.15) is 5.75 Å². The molecule has 0 amide bonds. The van der Waals surface area contributed by atoms with E-state index in [0.717, 1.165) is 6.07 Å². The highest BCUT2D eigenvalue weighted by atomic mass is 35.7. The number of halogens is 3. The van der Waals surface area contributed by atoms with Crippen LogP contribution in [0.15, 0.2) is 51.1 Å². The highest BCUT2D eigenvalue weighted by molar-refractivity contribution is 8.14. The van der Waals surface area contributed by atoms with Gasteiger partial charge in [0.25, 0.3) is 27.2 Å². The smallest absolute Gasteiger partial charge is 0.262 e. The molecule has 0 aliphatic carbocycles. The lowest BCUT2D eigenvalue weighted by atomic mass is 9.93. The summed E-state index contributed by atoms with van der Waals surface area (Å²) in [5.41, 5.74) is 0. The third-order valence-electron chi connectivity index (χ3n) is 4.83. The summed E-state index contributed by atoms with van der Waals surface area (Å²) >= 11 is 0. The van der Waals surface area contributed by atoms with E-state index in [1.165, 1.54) is 24.3 Å². The van der Waals surface area contributed by atoms with Crippen molar-refractivity contribution in [2.24, 2.45) is 0 Å². The maximum absolute atomic E-state index is 12.3. The minimum atomic E-state index is -4.40. The molecule has 0 aliphatic rings. The minimum Gasteiger partial charge on any atom is -0.493 e. The van der Waals surface area contributed by atoms with Gasteiger partial charge >= 0.3 is 0 Å².